The number of nitriles is 1. The lowest BCUT2D eigenvalue weighted by Gasteiger charge is -2.25. The molecule has 3 aromatic carbocycles. The fraction of sp³-hybridized carbons (Fsp3) is 0.172. The maximum atomic E-state index is 10.0. The molecule has 7 nitrogen and oxygen atoms in total. The molecule has 0 spiro atoms. The van der Waals surface area contributed by atoms with Gasteiger partial charge in [0.2, 0.25) is 11.8 Å². The van der Waals surface area contributed by atoms with Gasteiger partial charge in [-0.1, -0.05) is 53.5 Å². The van der Waals surface area contributed by atoms with Crippen molar-refractivity contribution in [2.24, 2.45) is 5.73 Å². The van der Waals surface area contributed by atoms with Crippen molar-refractivity contribution >= 4 is 23.2 Å². The van der Waals surface area contributed by atoms with E-state index in [2.05, 4.69) is 6.07 Å². The molecule has 0 fully saturated rings. The van der Waals surface area contributed by atoms with Crippen LogP contribution in [0.3, 0.4) is 0 Å². The molecule has 1 aromatic heterocycles. The van der Waals surface area contributed by atoms with E-state index < -0.39 is 5.92 Å². The van der Waals surface area contributed by atoms with Crippen LogP contribution in [0.2, 0.25) is 10.0 Å². The number of benzene rings is 3. The van der Waals surface area contributed by atoms with Gasteiger partial charge in [0.1, 0.15) is 18.2 Å². The Balaban J connectivity index is 1.55. The molecule has 0 radical (unpaired) electrons. The van der Waals surface area contributed by atoms with Gasteiger partial charge in [0, 0.05) is 15.6 Å². The first-order valence-electron chi connectivity index (χ1n) is 12.0. The fourth-order valence-electron chi connectivity index (χ4n) is 4.48. The van der Waals surface area contributed by atoms with Crippen molar-refractivity contribution in [1.82, 2.24) is 9.78 Å². The molecule has 0 saturated carbocycles. The second kappa shape index (κ2) is 10.7. The molecular weight excluding hydrogens is 523 g/mol. The van der Waals surface area contributed by atoms with Crippen molar-refractivity contribution in [3.05, 3.63) is 111 Å². The summed E-state index contributed by atoms with van der Waals surface area (Å²) in [6.45, 7) is 4.44. The highest BCUT2D eigenvalue weighted by Gasteiger charge is 2.36. The Hall–Kier alpha value is -4.12. The third-order valence-corrected chi connectivity index (χ3v) is 6.82. The summed E-state index contributed by atoms with van der Waals surface area (Å²) in [7, 11) is 0. The average Bonchev–Trinajstić information content (AvgIpc) is 3.24. The molecule has 192 valence electrons. The molecule has 1 atom stereocenters. The first-order chi connectivity index (χ1) is 18.4. The van der Waals surface area contributed by atoms with E-state index in [0.29, 0.717) is 39.6 Å². The van der Waals surface area contributed by atoms with Crippen LogP contribution in [-0.2, 0) is 6.61 Å². The van der Waals surface area contributed by atoms with Crippen molar-refractivity contribution in [2.75, 3.05) is 6.61 Å². The SMILES string of the molecule is CCOc1cc(C2C(C#N)=C(N)Oc3c2c(C)nn3-c2ccccc2)ccc1OCc1ccc(Cl)cc1Cl. The van der Waals surface area contributed by atoms with E-state index in [0.717, 1.165) is 28.1 Å². The lowest BCUT2D eigenvalue weighted by molar-refractivity contribution is 0.269. The molecule has 4 aromatic rings. The van der Waals surface area contributed by atoms with Gasteiger partial charge in [-0.05, 0) is 55.8 Å². The number of aromatic nitrogens is 2. The summed E-state index contributed by atoms with van der Waals surface area (Å²) in [5, 5.41) is 15.8. The maximum absolute atomic E-state index is 10.0. The number of hydrogen-bond donors (Lipinski definition) is 1. The summed E-state index contributed by atoms with van der Waals surface area (Å²) < 4.78 is 19.7. The molecule has 0 bridgehead atoms. The molecule has 0 amide bonds. The molecule has 2 heterocycles. The smallest absolute Gasteiger partial charge is 0.229 e. The highest BCUT2D eigenvalue weighted by Crippen LogP contribution is 2.46. The molecule has 0 saturated heterocycles. The number of allylic oxidation sites excluding steroid dienone is 1. The number of halogens is 2. The van der Waals surface area contributed by atoms with Crippen LogP contribution >= 0.6 is 23.2 Å². The maximum Gasteiger partial charge on any atom is 0.229 e. The van der Waals surface area contributed by atoms with Gasteiger partial charge in [-0.15, -0.1) is 0 Å². The van der Waals surface area contributed by atoms with Crippen LogP contribution in [0.1, 0.15) is 35.2 Å². The van der Waals surface area contributed by atoms with Gasteiger partial charge in [-0.3, -0.25) is 0 Å². The summed E-state index contributed by atoms with van der Waals surface area (Å²) in [5.41, 5.74) is 10.5. The summed E-state index contributed by atoms with van der Waals surface area (Å²) in [6, 6.07) is 22.7. The first-order valence-corrected chi connectivity index (χ1v) is 12.7. The lowest BCUT2D eigenvalue weighted by Crippen LogP contribution is -2.22. The second-order valence-electron chi connectivity index (χ2n) is 8.64. The van der Waals surface area contributed by atoms with E-state index in [9.17, 15) is 5.26 Å². The highest BCUT2D eigenvalue weighted by atomic mass is 35.5. The number of hydrogen-bond acceptors (Lipinski definition) is 6. The quantitative estimate of drug-likeness (QED) is 0.277. The molecule has 1 aliphatic rings. The van der Waals surface area contributed by atoms with Gasteiger partial charge in [0.15, 0.2) is 11.5 Å². The predicted octanol–water partition coefficient (Wildman–Crippen LogP) is 6.68. The minimum atomic E-state index is -0.500. The van der Waals surface area contributed by atoms with Gasteiger partial charge >= 0.3 is 0 Å². The van der Waals surface area contributed by atoms with Gasteiger partial charge in [0.05, 0.1) is 29.5 Å². The Bertz CT molecular complexity index is 1570. The van der Waals surface area contributed by atoms with Crippen LogP contribution in [0.15, 0.2) is 78.2 Å². The van der Waals surface area contributed by atoms with Gasteiger partial charge < -0.3 is 19.9 Å². The van der Waals surface area contributed by atoms with E-state index in [1.807, 2.05) is 68.4 Å². The Morgan fingerprint density at radius 1 is 1.05 bits per heavy atom. The molecule has 9 heteroatoms. The molecular formula is C29H24Cl2N4O3. The number of para-hydroxylation sites is 1. The van der Waals surface area contributed by atoms with Crippen LogP contribution in [-0.4, -0.2) is 16.4 Å². The van der Waals surface area contributed by atoms with Crippen molar-refractivity contribution in [2.45, 2.75) is 26.4 Å². The largest absolute Gasteiger partial charge is 0.490 e. The summed E-state index contributed by atoms with van der Waals surface area (Å²) >= 11 is 12.3. The molecule has 5 rings (SSSR count). The van der Waals surface area contributed by atoms with Gasteiger partial charge in [-0.2, -0.15) is 10.4 Å². The zero-order chi connectivity index (χ0) is 26.8. The van der Waals surface area contributed by atoms with Crippen molar-refractivity contribution < 1.29 is 14.2 Å². The number of nitrogens with zero attached hydrogens (tertiary/aromatic N) is 3. The number of aryl methyl sites for hydroxylation is 1. The van der Waals surface area contributed by atoms with Crippen LogP contribution in [0.5, 0.6) is 17.4 Å². The van der Waals surface area contributed by atoms with E-state index >= 15 is 0 Å². The van der Waals surface area contributed by atoms with Crippen LogP contribution in [0.25, 0.3) is 5.69 Å². The Kier molecular flexibility index (Phi) is 7.19. The first kappa shape index (κ1) is 25.5. The minimum Gasteiger partial charge on any atom is -0.490 e. The average molecular weight is 547 g/mol. The summed E-state index contributed by atoms with van der Waals surface area (Å²) in [4.78, 5) is 0. The van der Waals surface area contributed by atoms with Crippen molar-refractivity contribution in [3.8, 4) is 29.1 Å². The third kappa shape index (κ3) is 4.76. The van der Waals surface area contributed by atoms with E-state index in [1.165, 1.54) is 0 Å². The monoisotopic (exact) mass is 546 g/mol. The topological polar surface area (TPSA) is 95.3 Å². The molecule has 0 aliphatic carbocycles. The third-order valence-electron chi connectivity index (χ3n) is 6.23. The zero-order valence-electron chi connectivity index (χ0n) is 20.7. The van der Waals surface area contributed by atoms with Crippen molar-refractivity contribution in [3.63, 3.8) is 0 Å². The van der Waals surface area contributed by atoms with Crippen LogP contribution in [0, 0.1) is 18.3 Å². The fourth-order valence-corrected chi connectivity index (χ4v) is 4.94. The van der Waals surface area contributed by atoms with Crippen molar-refractivity contribution in [1.29, 1.82) is 5.26 Å². The zero-order valence-corrected chi connectivity index (χ0v) is 22.3. The summed E-state index contributed by atoms with van der Waals surface area (Å²) in [5.74, 6) is 1.09. The molecule has 2 N–H and O–H groups in total. The Labute approximate surface area is 230 Å². The number of ether oxygens (including phenoxy) is 3. The second-order valence-corrected chi connectivity index (χ2v) is 9.48. The van der Waals surface area contributed by atoms with Gasteiger partial charge in [0.25, 0.3) is 0 Å². The van der Waals surface area contributed by atoms with Crippen LogP contribution < -0.4 is 19.9 Å². The normalized spacial score (nSPS) is 14.4. The molecule has 1 aliphatic heterocycles. The molecule has 38 heavy (non-hydrogen) atoms. The standard InChI is InChI=1S/C29H24Cl2N4O3/c1-3-36-25-13-18(10-12-24(25)37-16-19-9-11-20(30)14-23(19)31)27-22(15-32)28(33)38-29-26(27)17(2)34-35(29)21-7-5-4-6-8-21/h4-14,27H,3,16,33H2,1-2H3. The number of nitrogens with two attached hydrogens (primary N) is 1. The Morgan fingerprint density at radius 2 is 1.84 bits per heavy atom. The minimum absolute atomic E-state index is 0.0396. The highest BCUT2D eigenvalue weighted by molar-refractivity contribution is 6.35. The predicted molar refractivity (Wildman–Crippen MR) is 146 cm³/mol. The summed E-state index contributed by atoms with van der Waals surface area (Å²) in [6.07, 6.45) is 0. The van der Waals surface area contributed by atoms with E-state index in [1.54, 1.807) is 16.8 Å². The number of fused-ring (bicyclic) bond motifs is 1. The number of rotatable bonds is 7. The van der Waals surface area contributed by atoms with Crippen LogP contribution in [0.4, 0.5) is 0 Å². The van der Waals surface area contributed by atoms with E-state index in [-0.39, 0.29) is 12.5 Å². The molecule has 1 unspecified atom stereocenters. The van der Waals surface area contributed by atoms with E-state index in [4.69, 9.17) is 48.2 Å². The lowest BCUT2D eigenvalue weighted by atomic mass is 9.84. The van der Waals surface area contributed by atoms with Gasteiger partial charge in [-0.25, -0.2) is 4.68 Å². The Morgan fingerprint density at radius 3 is 2.55 bits per heavy atom.